The fraction of sp³-hybridized carbons (Fsp3) is 0. The number of furan rings is 1. The molecule has 0 fully saturated rings. The van der Waals surface area contributed by atoms with E-state index in [-0.39, 0.29) is 0 Å². The lowest BCUT2D eigenvalue weighted by atomic mass is 9.99. The van der Waals surface area contributed by atoms with E-state index in [1.807, 2.05) is 73.1 Å². The molecule has 0 amide bonds. The number of benzene rings is 7. The summed E-state index contributed by atoms with van der Waals surface area (Å²) in [7, 11) is 0. The van der Waals surface area contributed by atoms with Crippen LogP contribution in [0, 0.1) is 0 Å². The maximum atomic E-state index is 5.98. The molecule has 0 spiro atoms. The summed E-state index contributed by atoms with van der Waals surface area (Å²) < 4.78 is 5.98. The SMILES string of the molecule is c1ccc2nc(-c3ccc(N(c4ccc(-c5ncc6ccccc6n5)cc4)c4ccc5cc(-c6ccc7oc8ncccc8c7c6)ccc5c4)cc3)ncc2c1. The molecule has 11 rings (SSSR count). The molecule has 0 saturated heterocycles. The summed E-state index contributed by atoms with van der Waals surface area (Å²) in [5.74, 6) is 1.39. The molecule has 4 aromatic heterocycles. The van der Waals surface area contributed by atoms with Gasteiger partial charge >= 0.3 is 0 Å². The van der Waals surface area contributed by atoms with Gasteiger partial charge in [0.15, 0.2) is 11.6 Å². The van der Waals surface area contributed by atoms with Gasteiger partial charge in [-0.1, -0.05) is 60.7 Å². The minimum atomic E-state index is 0.656. The second-order valence-electron chi connectivity index (χ2n) is 13.8. The van der Waals surface area contributed by atoms with Crippen molar-refractivity contribution in [3.05, 3.63) is 182 Å². The van der Waals surface area contributed by atoms with E-state index >= 15 is 0 Å². The highest BCUT2D eigenvalue weighted by molar-refractivity contribution is 6.05. The molecular weight excluding hydrogens is 689 g/mol. The van der Waals surface area contributed by atoms with Crippen LogP contribution in [0.3, 0.4) is 0 Å². The van der Waals surface area contributed by atoms with Crippen LogP contribution in [0.25, 0.3) is 88.5 Å². The van der Waals surface area contributed by atoms with Crippen LogP contribution in [0.5, 0.6) is 0 Å². The standard InChI is InChI=1S/C49H30N6O/c1-3-9-44-37(6-1)29-51-47(53-44)31-13-19-39(20-14-31)55(40-21-15-32(16-22-40)48-52-30-38-7-2-4-10-45(38)54-48)41-23-17-34-26-33(11-12-35(34)27-41)36-18-24-46-43(28-36)42-8-5-25-50-49(42)56-46/h1-30H. The molecule has 4 heterocycles. The summed E-state index contributed by atoms with van der Waals surface area (Å²) in [6, 6.07) is 56.6. The first-order chi connectivity index (χ1) is 27.7. The number of para-hydroxylation sites is 2. The number of pyridine rings is 1. The molecule has 0 radical (unpaired) electrons. The third-order valence-corrected chi connectivity index (χ3v) is 10.4. The molecule has 0 atom stereocenters. The molecule has 7 nitrogen and oxygen atoms in total. The molecule has 0 aliphatic rings. The first kappa shape index (κ1) is 31.7. The highest BCUT2D eigenvalue weighted by Crippen LogP contribution is 2.39. The Balaban J connectivity index is 0.974. The summed E-state index contributed by atoms with van der Waals surface area (Å²) in [5, 5.41) is 6.41. The van der Waals surface area contributed by atoms with Gasteiger partial charge < -0.3 is 9.32 Å². The first-order valence-corrected chi connectivity index (χ1v) is 18.5. The molecule has 56 heavy (non-hydrogen) atoms. The zero-order valence-electron chi connectivity index (χ0n) is 29.9. The van der Waals surface area contributed by atoms with Gasteiger partial charge in [0, 0.05) is 68.3 Å². The maximum absolute atomic E-state index is 5.98. The highest BCUT2D eigenvalue weighted by Gasteiger charge is 2.16. The van der Waals surface area contributed by atoms with Gasteiger partial charge in [-0.05, 0) is 125 Å². The Morgan fingerprint density at radius 2 is 0.946 bits per heavy atom. The molecule has 0 aliphatic heterocycles. The number of nitrogens with zero attached hydrogens (tertiary/aromatic N) is 6. The molecule has 0 unspecified atom stereocenters. The number of rotatable bonds is 6. The average molecular weight is 719 g/mol. The third kappa shape index (κ3) is 5.58. The zero-order valence-corrected chi connectivity index (χ0v) is 29.9. The van der Waals surface area contributed by atoms with Gasteiger partial charge in [-0.2, -0.15) is 0 Å². The van der Waals surface area contributed by atoms with Crippen molar-refractivity contribution >= 4 is 71.7 Å². The number of fused-ring (bicyclic) bond motifs is 6. The van der Waals surface area contributed by atoms with Gasteiger partial charge in [-0.25, -0.2) is 24.9 Å². The number of aromatic nitrogens is 5. The smallest absolute Gasteiger partial charge is 0.227 e. The molecule has 262 valence electrons. The molecule has 0 aliphatic carbocycles. The van der Waals surface area contributed by atoms with E-state index < -0.39 is 0 Å². The van der Waals surface area contributed by atoms with Crippen molar-refractivity contribution in [3.8, 4) is 33.9 Å². The Morgan fingerprint density at radius 1 is 0.393 bits per heavy atom. The van der Waals surface area contributed by atoms with Gasteiger partial charge in [0.25, 0.3) is 0 Å². The van der Waals surface area contributed by atoms with Gasteiger partial charge in [0.2, 0.25) is 5.71 Å². The van der Waals surface area contributed by atoms with Crippen molar-refractivity contribution < 1.29 is 4.42 Å². The lowest BCUT2D eigenvalue weighted by molar-refractivity contribution is 0.654. The van der Waals surface area contributed by atoms with Crippen LogP contribution >= 0.6 is 0 Å². The summed E-state index contributed by atoms with van der Waals surface area (Å²) in [6.07, 6.45) is 5.53. The Bertz CT molecular complexity index is 3140. The monoisotopic (exact) mass is 718 g/mol. The van der Waals surface area contributed by atoms with Crippen molar-refractivity contribution in [2.45, 2.75) is 0 Å². The summed E-state index contributed by atoms with van der Waals surface area (Å²) >= 11 is 0. The van der Waals surface area contributed by atoms with Crippen molar-refractivity contribution in [1.29, 1.82) is 0 Å². The van der Waals surface area contributed by atoms with Crippen molar-refractivity contribution in [2.24, 2.45) is 0 Å². The minimum absolute atomic E-state index is 0.656. The van der Waals surface area contributed by atoms with E-state index in [4.69, 9.17) is 14.4 Å². The van der Waals surface area contributed by atoms with Crippen LogP contribution in [0.15, 0.2) is 187 Å². The molecule has 0 saturated carbocycles. The van der Waals surface area contributed by atoms with Crippen molar-refractivity contribution in [2.75, 3.05) is 4.90 Å². The van der Waals surface area contributed by atoms with E-state index in [0.717, 1.165) is 88.2 Å². The van der Waals surface area contributed by atoms with E-state index in [2.05, 4.69) is 123 Å². The molecule has 0 bridgehead atoms. The van der Waals surface area contributed by atoms with Crippen LogP contribution in [-0.4, -0.2) is 24.9 Å². The van der Waals surface area contributed by atoms with Crippen LogP contribution in [-0.2, 0) is 0 Å². The Morgan fingerprint density at radius 3 is 1.62 bits per heavy atom. The minimum Gasteiger partial charge on any atom is -0.438 e. The largest absolute Gasteiger partial charge is 0.438 e. The van der Waals surface area contributed by atoms with Crippen molar-refractivity contribution in [1.82, 2.24) is 24.9 Å². The van der Waals surface area contributed by atoms with Crippen LogP contribution in [0.1, 0.15) is 0 Å². The number of anilines is 3. The molecule has 0 N–H and O–H groups in total. The van der Waals surface area contributed by atoms with E-state index in [0.29, 0.717) is 17.4 Å². The quantitative estimate of drug-likeness (QED) is 0.169. The van der Waals surface area contributed by atoms with Crippen LogP contribution in [0.4, 0.5) is 17.1 Å². The lowest BCUT2D eigenvalue weighted by Crippen LogP contribution is -2.10. The van der Waals surface area contributed by atoms with Crippen LogP contribution < -0.4 is 4.90 Å². The first-order valence-electron chi connectivity index (χ1n) is 18.5. The number of hydrogen-bond donors (Lipinski definition) is 0. The summed E-state index contributed by atoms with van der Waals surface area (Å²) in [4.78, 5) is 25.7. The maximum Gasteiger partial charge on any atom is 0.227 e. The second kappa shape index (κ2) is 13.0. The van der Waals surface area contributed by atoms with Gasteiger partial charge in [-0.3, -0.25) is 0 Å². The highest BCUT2D eigenvalue weighted by atomic mass is 16.3. The van der Waals surface area contributed by atoms with Crippen LogP contribution in [0.2, 0.25) is 0 Å². The predicted molar refractivity (Wildman–Crippen MR) is 226 cm³/mol. The van der Waals surface area contributed by atoms with Gasteiger partial charge in [0.1, 0.15) is 5.58 Å². The topological polar surface area (TPSA) is 80.8 Å². The third-order valence-electron chi connectivity index (χ3n) is 10.4. The lowest BCUT2D eigenvalue weighted by Gasteiger charge is -2.26. The summed E-state index contributed by atoms with van der Waals surface area (Å²) in [6.45, 7) is 0. The van der Waals surface area contributed by atoms with E-state index in [1.165, 1.54) is 0 Å². The summed E-state index contributed by atoms with van der Waals surface area (Å²) in [5.41, 5.74) is 10.6. The molecule has 7 aromatic carbocycles. The average Bonchev–Trinajstić information content (AvgIpc) is 3.64. The number of hydrogen-bond acceptors (Lipinski definition) is 7. The fourth-order valence-electron chi connectivity index (χ4n) is 7.53. The zero-order chi connectivity index (χ0) is 37.0. The van der Waals surface area contributed by atoms with Crippen molar-refractivity contribution in [3.63, 3.8) is 0 Å². The Hall–Kier alpha value is -7.77. The predicted octanol–water partition coefficient (Wildman–Crippen LogP) is 12.5. The second-order valence-corrected chi connectivity index (χ2v) is 13.8. The molecule has 7 heteroatoms. The molecule has 11 aromatic rings. The molecular formula is C49H30N6O. The fourth-order valence-corrected chi connectivity index (χ4v) is 7.53. The van der Waals surface area contributed by atoms with Gasteiger partial charge in [-0.15, -0.1) is 0 Å². The normalized spacial score (nSPS) is 11.6. The Labute approximate surface area is 321 Å². The van der Waals surface area contributed by atoms with E-state index in [1.54, 1.807) is 6.20 Å². The Kier molecular flexibility index (Phi) is 7.35. The van der Waals surface area contributed by atoms with Gasteiger partial charge in [0.05, 0.1) is 11.0 Å². The van der Waals surface area contributed by atoms with E-state index in [9.17, 15) is 0 Å².